The van der Waals surface area contributed by atoms with Gasteiger partial charge in [0, 0.05) is 30.8 Å². The van der Waals surface area contributed by atoms with Crippen LogP contribution in [0.5, 0.6) is 0 Å². The van der Waals surface area contributed by atoms with Gasteiger partial charge in [-0.15, -0.1) is 0 Å². The lowest BCUT2D eigenvalue weighted by Crippen LogP contribution is -2.23. The molecular weight excluding hydrogens is 333 g/mol. The minimum atomic E-state index is -4.43. The standard InChI is InChI=1S/C17H13F3N4O/c18-17(19,20)13-4-1-5-14(7-13)24-10-15(23-11-24)16(25)22-9-12-3-2-6-21-8-12/h1-8,10-11H,9H2,(H,22,25). The maximum absolute atomic E-state index is 12.8. The van der Waals surface area contributed by atoms with Crippen molar-refractivity contribution in [3.63, 3.8) is 0 Å². The van der Waals surface area contributed by atoms with Crippen molar-refractivity contribution in [2.45, 2.75) is 12.7 Å². The van der Waals surface area contributed by atoms with Crippen molar-refractivity contribution >= 4 is 5.91 Å². The third-order valence-corrected chi connectivity index (χ3v) is 3.46. The van der Waals surface area contributed by atoms with Gasteiger partial charge in [0.05, 0.1) is 5.56 Å². The van der Waals surface area contributed by atoms with Gasteiger partial charge in [-0.1, -0.05) is 12.1 Å². The SMILES string of the molecule is O=C(NCc1cccnc1)c1cn(-c2cccc(C(F)(F)F)c2)cn1. The maximum Gasteiger partial charge on any atom is 0.416 e. The second kappa shape index (κ2) is 6.76. The van der Waals surface area contributed by atoms with E-state index in [2.05, 4.69) is 15.3 Å². The zero-order valence-corrected chi connectivity index (χ0v) is 12.9. The Bertz CT molecular complexity index is 875. The van der Waals surface area contributed by atoms with E-state index in [1.807, 2.05) is 6.07 Å². The van der Waals surface area contributed by atoms with Gasteiger partial charge in [-0.3, -0.25) is 9.78 Å². The molecule has 2 heterocycles. The summed E-state index contributed by atoms with van der Waals surface area (Å²) in [6.45, 7) is 0.281. The second-order valence-electron chi connectivity index (χ2n) is 5.26. The van der Waals surface area contributed by atoms with Gasteiger partial charge < -0.3 is 9.88 Å². The highest BCUT2D eigenvalue weighted by Gasteiger charge is 2.30. The number of amides is 1. The molecular formula is C17H13F3N4O. The van der Waals surface area contributed by atoms with Crippen LogP contribution in [0.15, 0.2) is 61.3 Å². The molecule has 0 radical (unpaired) electrons. The lowest BCUT2D eigenvalue weighted by Gasteiger charge is -2.08. The maximum atomic E-state index is 12.8. The minimum absolute atomic E-state index is 0.112. The van der Waals surface area contributed by atoms with Crippen LogP contribution in [0.1, 0.15) is 21.6 Å². The van der Waals surface area contributed by atoms with Crippen molar-refractivity contribution in [3.05, 3.63) is 78.1 Å². The molecule has 1 N–H and O–H groups in total. The number of rotatable bonds is 4. The molecule has 0 bridgehead atoms. The highest BCUT2D eigenvalue weighted by Crippen LogP contribution is 2.30. The van der Waals surface area contributed by atoms with Crippen LogP contribution in [0.2, 0.25) is 0 Å². The second-order valence-corrected chi connectivity index (χ2v) is 5.26. The number of halogens is 3. The van der Waals surface area contributed by atoms with Gasteiger partial charge in [-0.2, -0.15) is 13.2 Å². The predicted molar refractivity (Wildman–Crippen MR) is 84.0 cm³/mol. The van der Waals surface area contributed by atoms with Crippen LogP contribution in [0.3, 0.4) is 0 Å². The van der Waals surface area contributed by atoms with Crippen LogP contribution >= 0.6 is 0 Å². The van der Waals surface area contributed by atoms with Crippen molar-refractivity contribution in [2.75, 3.05) is 0 Å². The molecule has 0 saturated carbocycles. The van der Waals surface area contributed by atoms with Crippen molar-refractivity contribution in [2.24, 2.45) is 0 Å². The number of carbonyl (C=O) groups excluding carboxylic acids is 1. The molecule has 1 aromatic carbocycles. The van der Waals surface area contributed by atoms with E-state index in [1.165, 1.54) is 29.2 Å². The number of benzene rings is 1. The molecule has 25 heavy (non-hydrogen) atoms. The number of hydrogen-bond acceptors (Lipinski definition) is 3. The van der Waals surface area contributed by atoms with E-state index in [0.717, 1.165) is 17.7 Å². The molecule has 2 aromatic heterocycles. The fourth-order valence-electron chi connectivity index (χ4n) is 2.20. The van der Waals surface area contributed by atoms with Crippen LogP contribution < -0.4 is 5.32 Å². The number of alkyl halides is 3. The Kier molecular flexibility index (Phi) is 4.51. The molecule has 8 heteroatoms. The highest BCUT2D eigenvalue weighted by atomic mass is 19.4. The Labute approximate surface area is 141 Å². The average Bonchev–Trinajstić information content (AvgIpc) is 3.10. The fraction of sp³-hybridized carbons (Fsp3) is 0.118. The molecule has 0 saturated heterocycles. The number of carbonyl (C=O) groups is 1. The minimum Gasteiger partial charge on any atom is -0.347 e. The monoisotopic (exact) mass is 346 g/mol. The van der Waals surface area contributed by atoms with Crippen LogP contribution in [0.4, 0.5) is 13.2 Å². The van der Waals surface area contributed by atoms with Gasteiger partial charge in [0.25, 0.3) is 5.91 Å². The molecule has 0 aliphatic carbocycles. The topological polar surface area (TPSA) is 59.8 Å². The lowest BCUT2D eigenvalue weighted by atomic mass is 10.2. The predicted octanol–water partition coefficient (Wildman–Crippen LogP) is 3.22. The van der Waals surface area contributed by atoms with Gasteiger partial charge in [-0.25, -0.2) is 4.98 Å². The van der Waals surface area contributed by atoms with Gasteiger partial charge in [0.1, 0.15) is 12.0 Å². The first-order valence-corrected chi connectivity index (χ1v) is 7.32. The summed E-state index contributed by atoms with van der Waals surface area (Å²) >= 11 is 0. The fourth-order valence-corrected chi connectivity index (χ4v) is 2.20. The van der Waals surface area contributed by atoms with Crippen LogP contribution in [0.25, 0.3) is 5.69 Å². The van der Waals surface area contributed by atoms with E-state index < -0.39 is 17.6 Å². The van der Waals surface area contributed by atoms with Crippen LogP contribution in [-0.4, -0.2) is 20.4 Å². The molecule has 0 atom stereocenters. The first kappa shape index (κ1) is 16.7. The summed E-state index contributed by atoms with van der Waals surface area (Å²) < 4.78 is 39.7. The molecule has 5 nitrogen and oxygen atoms in total. The molecule has 128 valence electrons. The number of nitrogens with zero attached hydrogens (tertiary/aromatic N) is 3. The van der Waals surface area contributed by atoms with E-state index >= 15 is 0 Å². The molecule has 0 aliphatic heterocycles. The summed E-state index contributed by atoms with van der Waals surface area (Å²) in [6.07, 6.45) is 1.51. The molecule has 1 amide bonds. The molecule has 0 spiro atoms. The van der Waals surface area contributed by atoms with Gasteiger partial charge in [-0.05, 0) is 29.8 Å². The first-order valence-electron chi connectivity index (χ1n) is 7.32. The van der Waals surface area contributed by atoms with E-state index in [-0.39, 0.29) is 17.9 Å². The third kappa shape index (κ3) is 4.03. The molecule has 0 unspecified atom stereocenters. The average molecular weight is 346 g/mol. The quantitative estimate of drug-likeness (QED) is 0.789. The smallest absolute Gasteiger partial charge is 0.347 e. The van der Waals surface area contributed by atoms with Gasteiger partial charge in [0.15, 0.2) is 0 Å². The van der Waals surface area contributed by atoms with E-state index in [0.29, 0.717) is 0 Å². The van der Waals surface area contributed by atoms with Gasteiger partial charge >= 0.3 is 6.18 Å². The van der Waals surface area contributed by atoms with Crippen molar-refractivity contribution < 1.29 is 18.0 Å². The Morgan fingerprint density at radius 2 is 2.04 bits per heavy atom. The lowest BCUT2D eigenvalue weighted by molar-refractivity contribution is -0.137. The largest absolute Gasteiger partial charge is 0.416 e. The van der Waals surface area contributed by atoms with Crippen molar-refractivity contribution in [3.8, 4) is 5.69 Å². The number of aromatic nitrogens is 3. The number of hydrogen-bond donors (Lipinski definition) is 1. The molecule has 3 aromatic rings. The summed E-state index contributed by atoms with van der Waals surface area (Å²) in [5.74, 6) is -0.422. The molecule has 0 fully saturated rings. The number of imidazole rings is 1. The Morgan fingerprint density at radius 1 is 1.20 bits per heavy atom. The highest BCUT2D eigenvalue weighted by molar-refractivity contribution is 5.92. The molecule has 3 rings (SSSR count). The van der Waals surface area contributed by atoms with Crippen molar-refractivity contribution in [1.29, 1.82) is 0 Å². The zero-order valence-electron chi connectivity index (χ0n) is 12.9. The van der Waals surface area contributed by atoms with Crippen molar-refractivity contribution in [1.82, 2.24) is 19.9 Å². The van der Waals surface area contributed by atoms with Crippen LogP contribution in [0, 0.1) is 0 Å². The van der Waals surface area contributed by atoms with Crippen LogP contribution in [-0.2, 0) is 12.7 Å². The van der Waals surface area contributed by atoms with E-state index in [9.17, 15) is 18.0 Å². The summed E-state index contributed by atoms with van der Waals surface area (Å²) in [4.78, 5) is 20.0. The summed E-state index contributed by atoms with van der Waals surface area (Å²) in [5, 5.41) is 2.68. The molecule has 0 aliphatic rings. The van der Waals surface area contributed by atoms with E-state index in [4.69, 9.17) is 0 Å². The van der Waals surface area contributed by atoms with Gasteiger partial charge in [0.2, 0.25) is 0 Å². The summed E-state index contributed by atoms with van der Waals surface area (Å²) in [6, 6.07) is 8.37. The Hall–Kier alpha value is -3.16. The van der Waals surface area contributed by atoms with E-state index in [1.54, 1.807) is 18.5 Å². The first-order chi connectivity index (χ1) is 11.9. The number of pyridine rings is 1. The Morgan fingerprint density at radius 3 is 2.76 bits per heavy atom. The number of nitrogens with one attached hydrogen (secondary N) is 1. The normalized spacial score (nSPS) is 11.3. The third-order valence-electron chi connectivity index (χ3n) is 3.46. The Balaban J connectivity index is 1.73. The summed E-state index contributed by atoms with van der Waals surface area (Å²) in [5.41, 5.74) is 0.448. The zero-order chi connectivity index (χ0) is 17.9. The summed E-state index contributed by atoms with van der Waals surface area (Å²) in [7, 11) is 0.